The topological polar surface area (TPSA) is 92.8 Å². The van der Waals surface area contributed by atoms with Gasteiger partial charge >= 0.3 is 0 Å². The molecule has 3 heterocycles. The largest absolute Gasteiger partial charge is 0.468 e. The fourth-order valence-electron chi connectivity index (χ4n) is 5.49. The van der Waals surface area contributed by atoms with Gasteiger partial charge in [0.25, 0.3) is 5.56 Å². The number of tetrazole rings is 1. The maximum absolute atomic E-state index is 13.7. The molecule has 0 saturated heterocycles. The van der Waals surface area contributed by atoms with Crippen molar-refractivity contribution in [3.63, 3.8) is 0 Å². The monoisotopic (exact) mass is 494 g/mol. The number of pyridine rings is 1. The highest BCUT2D eigenvalue weighted by Crippen LogP contribution is 2.35. The van der Waals surface area contributed by atoms with Crippen LogP contribution in [0.3, 0.4) is 0 Å². The maximum Gasteiger partial charge on any atom is 0.253 e. The molecule has 8 nitrogen and oxygen atoms in total. The van der Waals surface area contributed by atoms with Crippen molar-refractivity contribution in [2.45, 2.75) is 57.8 Å². The molecule has 1 aliphatic carbocycles. The normalized spacial score (nSPS) is 15.1. The van der Waals surface area contributed by atoms with E-state index in [0.29, 0.717) is 24.5 Å². The second kappa shape index (κ2) is 10.1. The third-order valence-electron chi connectivity index (χ3n) is 7.29. The molecule has 1 saturated carbocycles. The van der Waals surface area contributed by atoms with E-state index in [1.807, 2.05) is 53.2 Å². The highest BCUT2D eigenvalue weighted by molar-refractivity contribution is 5.79. The maximum atomic E-state index is 13.7. The van der Waals surface area contributed by atoms with E-state index in [0.717, 1.165) is 53.5 Å². The molecule has 1 aliphatic rings. The Kier molecular flexibility index (Phi) is 6.40. The number of aryl methyl sites for hydroxylation is 1. The number of nitrogens with zero attached hydrogens (tertiary/aromatic N) is 5. The number of aromatic amines is 1. The van der Waals surface area contributed by atoms with Gasteiger partial charge in [0, 0.05) is 17.6 Å². The van der Waals surface area contributed by atoms with Crippen molar-refractivity contribution in [3.05, 3.63) is 112 Å². The fraction of sp³-hybridized carbons (Fsp3) is 0.310. The molecule has 0 radical (unpaired) electrons. The van der Waals surface area contributed by atoms with Gasteiger partial charge in [-0.05, 0) is 71.5 Å². The zero-order chi connectivity index (χ0) is 25.2. The van der Waals surface area contributed by atoms with Crippen LogP contribution in [-0.2, 0) is 13.1 Å². The standard InChI is InChI=1S/C29H30N6O2/c1-20-13-14-26-22(16-20)17-25(29(36)30-26)27(28-31-32-33-35(28)23-10-5-6-11-23)34(19-24-12-7-15-37-24)18-21-8-3-2-4-9-21/h2-4,7-9,12-17,23,27H,5-6,10-11,18-19H2,1H3,(H,30,36)/t27-/m1/s1. The first-order chi connectivity index (χ1) is 18.2. The van der Waals surface area contributed by atoms with Crippen molar-refractivity contribution >= 4 is 10.9 Å². The van der Waals surface area contributed by atoms with Gasteiger partial charge in [0.15, 0.2) is 5.82 Å². The van der Waals surface area contributed by atoms with Crippen LogP contribution in [0.15, 0.2) is 82.2 Å². The van der Waals surface area contributed by atoms with Crippen LogP contribution < -0.4 is 5.56 Å². The minimum atomic E-state index is -0.477. The zero-order valence-corrected chi connectivity index (χ0v) is 20.9. The van der Waals surface area contributed by atoms with E-state index in [-0.39, 0.29) is 11.6 Å². The van der Waals surface area contributed by atoms with E-state index >= 15 is 0 Å². The molecule has 0 amide bonds. The van der Waals surface area contributed by atoms with E-state index in [2.05, 4.69) is 50.5 Å². The predicted octanol–water partition coefficient (Wildman–Crippen LogP) is 5.32. The van der Waals surface area contributed by atoms with Crippen molar-refractivity contribution in [2.24, 2.45) is 0 Å². The summed E-state index contributed by atoms with van der Waals surface area (Å²) in [5.41, 5.74) is 3.56. The lowest BCUT2D eigenvalue weighted by atomic mass is 10.0. The van der Waals surface area contributed by atoms with E-state index in [1.54, 1.807) is 6.26 Å². The molecular weight excluding hydrogens is 464 g/mol. The lowest BCUT2D eigenvalue weighted by Crippen LogP contribution is -2.35. The van der Waals surface area contributed by atoms with Crippen molar-refractivity contribution < 1.29 is 4.42 Å². The van der Waals surface area contributed by atoms with Crippen LogP contribution in [0.4, 0.5) is 0 Å². The van der Waals surface area contributed by atoms with Gasteiger partial charge in [0.2, 0.25) is 0 Å². The van der Waals surface area contributed by atoms with Crippen LogP contribution in [0.5, 0.6) is 0 Å². The number of hydrogen-bond donors (Lipinski definition) is 1. The number of fused-ring (bicyclic) bond motifs is 1. The first-order valence-corrected chi connectivity index (χ1v) is 12.9. The lowest BCUT2D eigenvalue weighted by molar-refractivity contribution is 0.176. The number of benzene rings is 2. The van der Waals surface area contributed by atoms with Crippen molar-refractivity contribution in [1.82, 2.24) is 30.1 Å². The zero-order valence-electron chi connectivity index (χ0n) is 20.9. The Morgan fingerprint density at radius 2 is 1.89 bits per heavy atom. The van der Waals surface area contributed by atoms with Crippen LogP contribution in [0.25, 0.3) is 10.9 Å². The SMILES string of the molecule is Cc1ccc2[nH]c(=O)c([C@H](c3nnnn3C3CCCC3)N(Cc3ccccc3)Cc3ccco3)cc2c1. The average Bonchev–Trinajstić information content (AvgIpc) is 3.69. The summed E-state index contributed by atoms with van der Waals surface area (Å²) in [5, 5.41) is 14.1. The summed E-state index contributed by atoms with van der Waals surface area (Å²) in [6.07, 6.45) is 6.07. The van der Waals surface area contributed by atoms with Crippen LogP contribution in [0.1, 0.15) is 66.0 Å². The molecule has 5 aromatic rings. The molecule has 188 valence electrons. The predicted molar refractivity (Wildman–Crippen MR) is 141 cm³/mol. The van der Waals surface area contributed by atoms with Crippen LogP contribution in [0, 0.1) is 6.92 Å². The number of hydrogen-bond acceptors (Lipinski definition) is 6. The molecule has 6 rings (SSSR count). The van der Waals surface area contributed by atoms with Crippen molar-refractivity contribution in [3.8, 4) is 0 Å². The van der Waals surface area contributed by atoms with Crippen LogP contribution >= 0.6 is 0 Å². The van der Waals surface area contributed by atoms with Crippen LogP contribution in [0.2, 0.25) is 0 Å². The Morgan fingerprint density at radius 3 is 2.68 bits per heavy atom. The summed E-state index contributed by atoms with van der Waals surface area (Å²) < 4.78 is 7.72. The molecule has 0 unspecified atom stereocenters. The first-order valence-electron chi connectivity index (χ1n) is 12.9. The summed E-state index contributed by atoms with van der Waals surface area (Å²) in [6.45, 7) is 3.14. The van der Waals surface area contributed by atoms with E-state index in [1.165, 1.54) is 0 Å². The smallest absolute Gasteiger partial charge is 0.253 e. The quantitative estimate of drug-likeness (QED) is 0.314. The summed E-state index contributed by atoms with van der Waals surface area (Å²) in [4.78, 5) is 19.0. The summed E-state index contributed by atoms with van der Waals surface area (Å²) in [5.74, 6) is 1.50. The molecule has 2 aromatic carbocycles. The summed E-state index contributed by atoms with van der Waals surface area (Å²) >= 11 is 0. The molecule has 1 atom stereocenters. The molecule has 3 aromatic heterocycles. The third kappa shape index (κ3) is 4.84. The average molecular weight is 495 g/mol. The van der Waals surface area contributed by atoms with Gasteiger partial charge in [0.05, 0.1) is 18.8 Å². The first kappa shape index (κ1) is 23.4. The summed E-state index contributed by atoms with van der Waals surface area (Å²) in [7, 11) is 0. The Labute approximate surface area is 214 Å². The molecule has 1 fully saturated rings. The van der Waals surface area contributed by atoms with Gasteiger partial charge in [-0.2, -0.15) is 0 Å². The molecule has 0 aliphatic heterocycles. The Hall–Kier alpha value is -4.04. The molecule has 0 bridgehead atoms. The number of nitrogens with one attached hydrogen (secondary N) is 1. The Bertz CT molecular complexity index is 1530. The molecular formula is C29H30N6O2. The second-order valence-electron chi connectivity index (χ2n) is 9.94. The Balaban J connectivity index is 1.54. The molecule has 37 heavy (non-hydrogen) atoms. The lowest BCUT2D eigenvalue weighted by Gasteiger charge is -2.31. The van der Waals surface area contributed by atoms with Crippen molar-refractivity contribution in [1.29, 1.82) is 0 Å². The van der Waals surface area contributed by atoms with Gasteiger partial charge in [-0.25, -0.2) is 4.68 Å². The molecule has 8 heteroatoms. The second-order valence-corrected chi connectivity index (χ2v) is 9.94. The fourth-order valence-corrected chi connectivity index (χ4v) is 5.49. The van der Waals surface area contributed by atoms with E-state index in [9.17, 15) is 4.79 Å². The third-order valence-corrected chi connectivity index (χ3v) is 7.29. The number of rotatable bonds is 8. The number of furan rings is 1. The number of H-pyrrole nitrogens is 1. The highest BCUT2D eigenvalue weighted by Gasteiger charge is 2.33. The van der Waals surface area contributed by atoms with Gasteiger partial charge in [-0.3, -0.25) is 9.69 Å². The van der Waals surface area contributed by atoms with Gasteiger partial charge < -0.3 is 9.40 Å². The van der Waals surface area contributed by atoms with Gasteiger partial charge in [-0.15, -0.1) is 5.10 Å². The minimum Gasteiger partial charge on any atom is -0.468 e. The van der Waals surface area contributed by atoms with Crippen LogP contribution in [-0.4, -0.2) is 30.1 Å². The minimum absolute atomic E-state index is 0.139. The molecule has 1 N–H and O–H groups in total. The van der Waals surface area contributed by atoms with Crippen molar-refractivity contribution in [2.75, 3.05) is 0 Å². The highest BCUT2D eigenvalue weighted by atomic mass is 16.3. The van der Waals surface area contributed by atoms with E-state index < -0.39 is 6.04 Å². The van der Waals surface area contributed by atoms with E-state index in [4.69, 9.17) is 4.42 Å². The van der Waals surface area contributed by atoms with Gasteiger partial charge in [0.1, 0.15) is 11.8 Å². The number of aromatic nitrogens is 5. The molecule has 0 spiro atoms. The van der Waals surface area contributed by atoms with Gasteiger partial charge in [-0.1, -0.05) is 54.8 Å². The summed E-state index contributed by atoms with van der Waals surface area (Å²) in [6, 6.07) is 21.9. The Morgan fingerprint density at radius 1 is 1.05 bits per heavy atom.